The van der Waals surface area contributed by atoms with Gasteiger partial charge < -0.3 is 19.3 Å². The second kappa shape index (κ2) is 6.76. The number of aliphatic hydroxyl groups is 1. The van der Waals surface area contributed by atoms with Crippen LogP contribution in [-0.4, -0.2) is 56.6 Å². The van der Waals surface area contributed by atoms with Gasteiger partial charge in [-0.25, -0.2) is 0 Å². The van der Waals surface area contributed by atoms with Crippen LogP contribution in [0.4, 0.5) is 0 Å². The van der Waals surface area contributed by atoms with Gasteiger partial charge in [0, 0.05) is 10.8 Å². The van der Waals surface area contributed by atoms with Gasteiger partial charge in [0.2, 0.25) is 0 Å². The summed E-state index contributed by atoms with van der Waals surface area (Å²) in [4.78, 5) is 0. The molecule has 1 heterocycles. The van der Waals surface area contributed by atoms with Crippen LogP contribution >= 0.6 is 0 Å². The van der Waals surface area contributed by atoms with Gasteiger partial charge in [-0.05, 0) is 87.5 Å². The van der Waals surface area contributed by atoms with E-state index in [4.69, 9.17) is 18.4 Å². The zero-order valence-corrected chi connectivity index (χ0v) is 21.5. The summed E-state index contributed by atoms with van der Waals surface area (Å²) >= 11 is 0. The van der Waals surface area contributed by atoms with Crippen molar-refractivity contribution in [3.63, 3.8) is 0 Å². The summed E-state index contributed by atoms with van der Waals surface area (Å²) < 4.78 is 48.2. The average Bonchev–Trinajstić information content (AvgIpc) is 3.25. The number of benzene rings is 1. The normalized spacial score (nSPS) is 45.9. The fraction of sp³-hybridized carbons (Fsp3) is 0.769. The zero-order valence-electron chi connectivity index (χ0n) is 20.7. The summed E-state index contributed by atoms with van der Waals surface area (Å²) in [6.45, 7) is 5.68. The average molecular weight is 493 g/mol. The Morgan fingerprint density at radius 1 is 1.15 bits per heavy atom. The quantitative estimate of drug-likeness (QED) is 0.643. The van der Waals surface area contributed by atoms with E-state index >= 15 is 0 Å². The van der Waals surface area contributed by atoms with E-state index in [1.807, 2.05) is 13.8 Å². The summed E-state index contributed by atoms with van der Waals surface area (Å²) in [6, 6.07) is 6.43. The van der Waals surface area contributed by atoms with Crippen molar-refractivity contribution in [1.29, 1.82) is 0 Å². The molecule has 34 heavy (non-hydrogen) atoms. The Hall–Kier alpha value is -1.19. The van der Waals surface area contributed by atoms with Crippen molar-refractivity contribution in [3.8, 4) is 5.75 Å². The van der Waals surface area contributed by atoms with Gasteiger partial charge in [-0.15, -0.1) is 0 Å². The van der Waals surface area contributed by atoms with Crippen molar-refractivity contribution in [2.24, 2.45) is 16.7 Å². The van der Waals surface area contributed by atoms with Gasteiger partial charge in [0.15, 0.2) is 11.4 Å². The largest absolute Gasteiger partial charge is 0.497 e. The SMILES string of the molecule is COc1ccc2c(c1)CC[C@@H]1[C@@H]2CC[C@@]2(C)[C@]13CC[C@]2(O)[C@@]1(COS(C)(=O)=O)OC(C)(C)O[C@@H]31. The first-order chi connectivity index (χ1) is 15.8. The number of ether oxygens (including phenoxy) is 3. The minimum Gasteiger partial charge on any atom is -0.497 e. The highest BCUT2D eigenvalue weighted by atomic mass is 32.2. The molecule has 1 N–H and O–H groups in total. The first-order valence-corrected chi connectivity index (χ1v) is 14.3. The van der Waals surface area contributed by atoms with E-state index in [9.17, 15) is 13.5 Å². The number of rotatable bonds is 4. The Bertz CT molecular complexity index is 1150. The van der Waals surface area contributed by atoms with E-state index in [0.717, 1.165) is 44.1 Å². The van der Waals surface area contributed by atoms with Crippen molar-refractivity contribution in [3.05, 3.63) is 29.3 Å². The molecular formula is C26H36O7S. The summed E-state index contributed by atoms with van der Waals surface area (Å²) in [5.74, 6) is 0.622. The lowest BCUT2D eigenvalue weighted by Crippen LogP contribution is -2.63. The second-order valence-electron chi connectivity index (χ2n) is 11.9. The third-order valence-electron chi connectivity index (χ3n) is 10.3. The topological polar surface area (TPSA) is 91.3 Å². The van der Waals surface area contributed by atoms with Crippen LogP contribution in [0.2, 0.25) is 0 Å². The highest BCUT2D eigenvalue weighted by molar-refractivity contribution is 7.85. The Labute approximate surface area is 202 Å². The lowest BCUT2D eigenvalue weighted by molar-refractivity contribution is -0.253. The first kappa shape index (κ1) is 23.2. The van der Waals surface area contributed by atoms with Crippen LogP contribution in [0.15, 0.2) is 18.2 Å². The minimum atomic E-state index is -3.72. The lowest BCUT2D eigenvalue weighted by atomic mass is 9.47. The summed E-state index contributed by atoms with van der Waals surface area (Å²) in [6.07, 6.45) is 5.78. The Morgan fingerprint density at radius 3 is 2.62 bits per heavy atom. The maximum atomic E-state index is 12.5. The predicted octanol–water partition coefficient (Wildman–Crippen LogP) is 3.53. The number of hydrogen-bond acceptors (Lipinski definition) is 7. The van der Waals surface area contributed by atoms with Gasteiger partial charge in [0.25, 0.3) is 10.1 Å². The Morgan fingerprint density at radius 2 is 1.91 bits per heavy atom. The van der Waals surface area contributed by atoms with Gasteiger partial charge in [0.05, 0.1) is 13.4 Å². The van der Waals surface area contributed by atoms with Crippen LogP contribution in [-0.2, 0) is 30.2 Å². The molecule has 1 aliphatic heterocycles. The molecule has 2 bridgehead atoms. The molecule has 4 fully saturated rings. The zero-order chi connectivity index (χ0) is 24.4. The van der Waals surface area contributed by atoms with Gasteiger partial charge in [-0.2, -0.15) is 8.42 Å². The third-order valence-corrected chi connectivity index (χ3v) is 10.9. The van der Waals surface area contributed by atoms with E-state index < -0.39 is 38.6 Å². The smallest absolute Gasteiger partial charge is 0.264 e. The molecule has 5 aliphatic rings. The van der Waals surface area contributed by atoms with Gasteiger partial charge in [0.1, 0.15) is 24.1 Å². The first-order valence-electron chi connectivity index (χ1n) is 12.4. The van der Waals surface area contributed by atoms with Crippen LogP contribution in [0, 0.1) is 16.7 Å². The summed E-state index contributed by atoms with van der Waals surface area (Å²) in [5.41, 5.74) is -0.491. The van der Waals surface area contributed by atoms with E-state index in [1.54, 1.807) is 7.11 Å². The maximum Gasteiger partial charge on any atom is 0.264 e. The van der Waals surface area contributed by atoms with E-state index in [1.165, 1.54) is 11.1 Å². The molecule has 7 atom stereocenters. The lowest BCUT2D eigenvalue weighted by Gasteiger charge is -2.57. The molecule has 0 radical (unpaired) electrons. The molecule has 1 aromatic carbocycles. The number of methoxy groups -OCH3 is 1. The molecule has 0 unspecified atom stereocenters. The van der Waals surface area contributed by atoms with Crippen LogP contribution in [0.1, 0.15) is 69.9 Å². The van der Waals surface area contributed by atoms with Crippen LogP contribution < -0.4 is 4.74 Å². The Kier molecular flexibility index (Phi) is 4.62. The molecule has 3 saturated carbocycles. The van der Waals surface area contributed by atoms with Gasteiger partial charge in [-0.1, -0.05) is 13.0 Å². The molecule has 0 amide bonds. The summed E-state index contributed by atoms with van der Waals surface area (Å²) in [5, 5.41) is 12.5. The second-order valence-corrected chi connectivity index (χ2v) is 13.6. The maximum absolute atomic E-state index is 12.5. The van der Waals surface area contributed by atoms with Crippen molar-refractivity contribution < 1.29 is 31.9 Å². The van der Waals surface area contributed by atoms with Crippen LogP contribution in [0.25, 0.3) is 0 Å². The molecule has 0 spiro atoms. The number of fused-ring (bicyclic) bond motifs is 5. The van der Waals surface area contributed by atoms with Crippen molar-refractivity contribution >= 4 is 10.1 Å². The van der Waals surface area contributed by atoms with Gasteiger partial charge >= 0.3 is 0 Å². The molecule has 4 aliphatic carbocycles. The van der Waals surface area contributed by atoms with E-state index in [2.05, 4.69) is 25.1 Å². The highest BCUT2D eigenvalue weighted by Gasteiger charge is 2.89. The standard InChI is InChI=1S/C26H36O7S/c1-22(2)32-21-24-12-13-26(27,25(21,33-22)15-31-34(5,28)29)23(24,3)11-10-19-18-8-7-17(30-4)14-16(18)6-9-20(19)24/h7-8,14,19-21,27H,6,9-13,15H2,1-5H3/t19-,20-,21+,23+,24-,25+,26-/m1/s1. The molecule has 8 heteroatoms. The molecule has 1 saturated heterocycles. The van der Waals surface area contributed by atoms with Crippen molar-refractivity contribution in [1.82, 2.24) is 0 Å². The fourth-order valence-corrected chi connectivity index (χ4v) is 9.61. The number of hydrogen-bond donors (Lipinski definition) is 1. The molecule has 6 rings (SSSR count). The Balaban J connectivity index is 1.49. The highest BCUT2D eigenvalue weighted by Crippen LogP contribution is 2.82. The van der Waals surface area contributed by atoms with Crippen molar-refractivity contribution in [2.45, 2.75) is 88.3 Å². The minimum absolute atomic E-state index is 0.223. The fourth-order valence-electron chi connectivity index (χ4n) is 9.22. The van der Waals surface area contributed by atoms with Crippen LogP contribution in [0.5, 0.6) is 5.75 Å². The monoisotopic (exact) mass is 492 g/mol. The van der Waals surface area contributed by atoms with Crippen molar-refractivity contribution in [2.75, 3.05) is 20.0 Å². The van der Waals surface area contributed by atoms with E-state index in [-0.39, 0.29) is 12.0 Å². The predicted molar refractivity (Wildman–Crippen MR) is 125 cm³/mol. The third kappa shape index (κ3) is 2.59. The van der Waals surface area contributed by atoms with E-state index in [0.29, 0.717) is 18.3 Å². The molecular weight excluding hydrogens is 456 g/mol. The van der Waals surface area contributed by atoms with Gasteiger partial charge in [-0.3, -0.25) is 4.18 Å². The van der Waals surface area contributed by atoms with Crippen LogP contribution in [0.3, 0.4) is 0 Å². The molecule has 0 aromatic heterocycles. The molecule has 188 valence electrons. The molecule has 1 aromatic rings. The summed E-state index contributed by atoms with van der Waals surface area (Å²) in [7, 11) is -2.02. The molecule has 7 nitrogen and oxygen atoms in total. The number of aryl methyl sites for hydroxylation is 1.